The quantitative estimate of drug-likeness (QED) is 0.294. The maximum Gasteiger partial charge on any atom is 0.0926 e. The van der Waals surface area contributed by atoms with Crippen molar-refractivity contribution in [2.24, 2.45) is 0 Å². The van der Waals surface area contributed by atoms with E-state index in [2.05, 4.69) is 6.92 Å². The molecule has 0 aliphatic heterocycles. The normalized spacial score (nSPS) is 13.7. The highest BCUT2D eigenvalue weighted by Crippen LogP contribution is 2.12. The van der Waals surface area contributed by atoms with Gasteiger partial charge in [-0.3, -0.25) is 0 Å². The fourth-order valence-electron chi connectivity index (χ4n) is 2.04. The zero-order valence-corrected chi connectivity index (χ0v) is 13.6. The van der Waals surface area contributed by atoms with Crippen molar-refractivity contribution in [3.8, 4) is 0 Å². The average molecular weight is 296 g/mol. The summed E-state index contributed by atoms with van der Waals surface area (Å²) in [5.41, 5.74) is 0. The lowest BCUT2D eigenvalue weighted by molar-refractivity contribution is 0.365. The van der Waals surface area contributed by atoms with E-state index in [9.17, 15) is 15.3 Å². The summed E-state index contributed by atoms with van der Waals surface area (Å²) in [5, 5.41) is 28.8. The molecule has 122 valence electrons. The lowest BCUT2D eigenvalue weighted by Gasteiger charge is -2.02. The molecule has 0 aromatic rings. The predicted octanol–water partition coefficient (Wildman–Crippen LogP) is 6.25. The van der Waals surface area contributed by atoms with E-state index in [1.165, 1.54) is 25.7 Å². The van der Waals surface area contributed by atoms with Gasteiger partial charge in [0.2, 0.25) is 0 Å². The van der Waals surface area contributed by atoms with Crippen molar-refractivity contribution in [3.63, 3.8) is 0 Å². The second-order valence-corrected chi connectivity index (χ2v) is 5.42. The van der Waals surface area contributed by atoms with Gasteiger partial charge in [-0.1, -0.05) is 46.0 Å². The first-order valence-corrected chi connectivity index (χ1v) is 8.24. The molecule has 0 bridgehead atoms. The number of aliphatic hydroxyl groups excluding tert-OH is 3. The van der Waals surface area contributed by atoms with Crippen molar-refractivity contribution < 1.29 is 15.3 Å². The van der Waals surface area contributed by atoms with Crippen molar-refractivity contribution in [3.05, 3.63) is 35.5 Å². The van der Waals surface area contributed by atoms with Crippen LogP contribution in [0.3, 0.4) is 0 Å². The van der Waals surface area contributed by atoms with Crippen LogP contribution in [0.15, 0.2) is 35.5 Å². The molecule has 3 N–H and O–H groups in total. The first kappa shape index (κ1) is 19.6. The number of allylic oxidation sites excluding steroid dienone is 4. The Labute approximate surface area is 129 Å². The molecule has 0 rings (SSSR count). The Hall–Kier alpha value is -1.38. The van der Waals surface area contributed by atoms with Gasteiger partial charge in [0.25, 0.3) is 0 Å². The Morgan fingerprint density at radius 2 is 1.19 bits per heavy atom. The zero-order chi connectivity index (χ0) is 15.9. The fraction of sp³-hybridized carbons (Fsp3) is 0.667. The standard InChI is InChI=1S/C18H32O3/c1-3-5-6-7-8-9-11-17(20)13-15-18(21)14-12-16(19)10-4-2/h10,13-14,19-21H,3-9,11-12,15H2,1-2H3/b16-10-,17-13-,18-14-. The topological polar surface area (TPSA) is 60.7 Å². The van der Waals surface area contributed by atoms with E-state index >= 15 is 0 Å². The molecule has 0 heterocycles. The smallest absolute Gasteiger partial charge is 0.0926 e. The number of aliphatic hydroxyl groups is 3. The van der Waals surface area contributed by atoms with Crippen LogP contribution in [-0.4, -0.2) is 15.3 Å². The molecule has 0 aliphatic rings. The summed E-state index contributed by atoms with van der Waals surface area (Å²) in [6.07, 6.45) is 14.3. The van der Waals surface area contributed by atoms with E-state index < -0.39 is 0 Å². The largest absolute Gasteiger partial charge is 0.513 e. The molecule has 0 unspecified atom stereocenters. The Balaban J connectivity index is 3.84. The summed E-state index contributed by atoms with van der Waals surface area (Å²) in [7, 11) is 0. The van der Waals surface area contributed by atoms with Crippen LogP contribution in [0.4, 0.5) is 0 Å². The van der Waals surface area contributed by atoms with Crippen LogP contribution in [0.2, 0.25) is 0 Å². The molecule has 0 spiro atoms. The third-order valence-electron chi connectivity index (χ3n) is 3.32. The minimum absolute atomic E-state index is 0.181. The minimum Gasteiger partial charge on any atom is -0.513 e. The molecule has 3 heteroatoms. The van der Waals surface area contributed by atoms with Gasteiger partial charge in [0.05, 0.1) is 17.3 Å². The van der Waals surface area contributed by atoms with Gasteiger partial charge in [-0.05, 0) is 31.1 Å². The van der Waals surface area contributed by atoms with E-state index in [0.29, 0.717) is 25.0 Å². The van der Waals surface area contributed by atoms with Gasteiger partial charge in [0.15, 0.2) is 0 Å². The minimum atomic E-state index is 0.181. The van der Waals surface area contributed by atoms with Crippen molar-refractivity contribution >= 4 is 0 Å². The molecule has 0 aromatic carbocycles. The predicted molar refractivity (Wildman–Crippen MR) is 89.7 cm³/mol. The van der Waals surface area contributed by atoms with Gasteiger partial charge in [-0.2, -0.15) is 0 Å². The zero-order valence-electron chi connectivity index (χ0n) is 13.6. The summed E-state index contributed by atoms with van der Waals surface area (Å²) in [4.78, 5) is 0. The fourth-order valence-corrected chi connectivity index (χ4v) is 2.04. The van der Waals surface area contributed by atoms with Crippen LogP contribution in [0.1, 0.15) is 78.1 Å². The Kier molecular flexibility index (Phi) is 12.7. The van der Waals surface area contributed by atoms with Crippen molar-refractivity contribution in [1.29, 1.82) is 0 Å². The number of hydrogen-bond donors (Lipinski definition) is 3. The van der Waals surface area contributed by atoms with E-state index in [4.69, 9.17) is 0 Å². The molecule has 0 saturated carbocycles. The first-order chi connectivity index (χ1) is 10.1. The molecule has 3 nitrogen and oxygen atoms in total. The van der Waals surface area contributed by atoms with Crippen LogP contribution in [0.5, 0.6) is 0 Å². The second-order valence-electron chi connectivity index (χ2n) is 5.42. The summed E-state index contributed by atoms with van der Waals surface area (Å²) in [6.45, 7) is 4.15. The van der Waals surface area contributed by atoms with E-state index in [0.717, 1.165) is 19.3 Å². The Morgan fingerprint density at radius 1 is 0.667 bits per heavy atom. The molecule has 0 atom stereocenters. The van der Waals surface area contributed by atoms with Gasteiger partial charge >= 0.3 is 0 Å². The van der Waals surface area contributed by atoms with Crippen LogP contribution in [-0.2, 0) is 0 Å². The van der Waals surface area contributed by atoms with Crippen LogP contribution in [0.25, 0.3) is 0 Å². The van der Waals surface area contributed by atoms with Crippen molar-refractivity contribution in [2.45, 2.75) is 78.1 Å². The SMILES string of the molecule is CC/C=C(\O)C/C=C(\O)C/C=C(\O)CCCCCCCC. The van der Waals surface area contributed by atoms with E-state index in [1.54, 1.807) is 18.2 Å². The van der Waals surface area contributed by atoms with Crippen molar-refractivity contribution in [1.82, 2.24) is 0 Å². The summed E-state index contributed by atoms with van der Waals surface area (Å²) >= 11 is 0. The van der Waals surface area contributed by atoms with Gasteiger partial charge in [0, 0.05) is 19.3 Å². The number of unbranched alkanes of at least 4 members (excludes halogenated alkanes) is 5. The lowest BCUT2D eigenvalue weighted by atomic mass is 10.1. The Morgan fingerprint density at radius 3 is 1.81 bits per heavy atom. The second kappa shape index (κ2) is 13.6. The molecule has 0 amide bonds. The molecular formula is C18H32O3. The Bertz CT molecular complexity index is 340. The molecule has 0 fully saturated rings. The maximum atomic E-state index is 9.72. The first-order valence-electron chi connectivity index (χ1n) is 8.24. The highest BCUT2D eigenvalue weighted by atomic mass is 16.3. The molecule has 0 aliphatic carbocycles. The molecule has 0 saturated heterocycles. The summed E-state index contributed by atoms with van der Waals surface area (Å²) in [5.74, 6) is 0.795. The van der Waals surface area contributed by atoms with Gasteiger partial charge in [0.1, 0.15) is 0 Å². The van der Waals surface area contributed by atoms with E-state index in [1.807, 2.05) is 6.92 Å². The van der Waals surface area contributed by atoms with Gasteiger partial charge in [-0.25, -0.2) is 0 Å². The molecule has 0 radical (unpaired) electrons. The van der Waals surface area contributed by atoms with Crippen LogP contribution < -0.4 is 0 Å². The molecule has 0 aromatic heterocycles. The lowest BCUT2D eigenvalue weighted by Crippen LogP contribution is -1.87. The molecule has 21 heavy (non-hydrogen) atoms. The number of hydrogen-bond acceptors (Lipinski definition) is 3. The highest BCUT2D eigenvalue weighted by molar-refractivity contribution is 5.06. The van der Waals surface area contributed by atoms with Crippen molar-refractivity contribution in [2.75, 3.05) is 0 Å². The van der Waals surface area contributed by atoms with Gasteiger partial charge < -0.3 is 15.3 Å². The maximum absolute atomic E-state index is 9.72. The molecular weight excluding hydrogens is 264 g/mol. The average Bonchev–Trinajstić information content (AvgIpc) is 2.47. The highest BCUT2D eigenvalue weighted by Gasteiger charge is 1.97. The van der Waals surface area contributed by atoms with Crippen LogP contribution in [0, 0.1) is 0 Å². The third kappa shape index (κ3) is 13.4. The monoisotopic (exact) mass is 296 g/mol. The van der Waals surface area contributed by atoms with Gasteiger partial charge in [-0.15, -0.1) is 0 Å². The van der Waals surface area contributed by atoms with E-state index in [-0.39, 0.29) is 11.5 Å². The third-order valence-corrected chi connectivity index (χ3v) is 3.32. The van der Waals surface area contributed by atoms with Crippen LogP contribution >= 0.6 is 0 Å². The summed E-state index contributed by atoms with van der Waals surface area (Å²) < 4.78 is 0. The number of rotatable bonds is 12. The summed E-state index contributed by atoms with van der Waals surface area (Å²) in [6, 6.07) is 0.